The Bertz CT molecular complexity index is 375. The van der Waals surface area contributed by atoms with E-state index in [0.717, 1.165) is 26.1 Å². The van der Waals surface area contributed by atoms with E-state index in [2.05, 4.69) is 43.0 Å². The van der Waals surface area contributed by atoms with Crippen LogP contribution in [0.15, 0.2) is 24.3 Å². The summed E-state index contributed by atoms with van der Waals surface area (Å²) in [4.78, 5) is 2.52. The average Bonchev–Trinajstić information content (AvgIpc) is 2.47. The summed E-state index contributed by atoms with van der Waals surface area (Å²) in [5.74, 6) is 0. The van der Waals surface area contributed by atoms with Crippen molar-refractivity contribution >= 4 is 0 Å². The molecule has 0 bridgehead atoms. The second-order valence-electron chi connectivity index (χ2n) is 5.22. The fraction of sp³-hybridized carbons (Fsp3) is 0.625. The zero-order valence-corrected chi connectivity index (χ0v) is 12.1. The van der Waals surface area contributed by atoms with Crippen molar-refractivity contribution in [3.05, 3.63) is 35.4 Å². The Labute approximate surface area is 116 Å². The van der Waals surface area contributed by atoms with Crippen molar-refractivity contribution in [2.75, 3.05) is 26.2 Å². The van der Waals surface area contributed by atoms with E-state index < -0.39 is 0 Å². The quantitative estimate of drug-likeness (QED) is 0.885. The predicted molar refractivity (Wildman–Crippen MR) is 79.2 cm³/mol. The highest BCUT2D eigenvalue weighted by atomic mass is 16.5. The third kappa shape index (κ3) is 3.35. The molecule has 1 aliphatic heterocycles. The van der Waals surface area contributed by atoms with Gasteiger partial charge in [0.05, 0.1) is 18.8 Å². The molecule has 0 amide bonds. The number of morpholine rings is 1. The van der Waals surface area contributed by atoms with Gasteiger partial charge in [0.15, 0.2) is 0 Å². The Hall–Kier alpha value is -0.900. The summed E-state index contributed by atoms with van der Waals surface area (Å²) in [6, 6.07) is 9.24. The molecule has 0 aromatic heterocycles. The summed E-state index contributed by atoms with van der Waals surface area (Å²) >= 11 is 0. The maximum absolute atomic E-state index is 5.89. The molecule has 0 spiro atoms. The topological polar surface area (TPSA) is 38.5 Å². The van der Waals surface area contributed by atoms with Crippen LogP contribution in [0.5, 0.6) is 0 Å². The third-order valence-corrected chi connectivity index (χ3v) is 3.93. The van der Waals surface area contributed by atoms with E-state index in [1.807, 2.05) is 0 Å². The highest BCUT2D eigenvalue weighted by molar-refractivity contribution is 5.26. The van der Waals surface area contributed by atoms with Crippen LogP contribution in [0.1, 0.15) is 37.4 Å². The van der Waals surface area contributed by atoms with E-state index in [1.54, 1.807) is 0 Å². The molecule has 1 aliphatic rings. The third-order valence-electron chi connectivity index (χ3n) is 3.93. The van der Waals surface area contributed by atoms with Gasteiger partial charge in [0.25, 0.3) is 0 Å². The lowest BCUT2D eigenvalue weighted by Gasteiger charge is -2.41. The zero-order chi connectivity index (χ0) is 13.7. The van der Waals surface area contributed by atoms with Crippen LogP contribution >= 0.6 is 0 Å². The summed E-state index contributed by atoms with van der Waals surface area (Å²) in [5, 5.41) is 0. The van der Waals surface area contributed by atoms with E-state index in [-0.39, 0.29) is 6.10 Å². The lowest BCUT2D eigenvalue weighted by atomic mass is 9.96. The second-order valence-corrected chi connectivity index (χ2v) is 5.22. The number of nitrogens with two attached hydrogens (primary N) is 1. The molecule has 2 atom stereocenters. The smallest absolute Gasteiger partial charge is 0.0894 e. The average molecular weight is 262 g/mol. The van der Waals surface area contributed by atoms with Gasteiger partial charge < -0.3 is 10.5 Å². The van der Waals surface area contributed by atoms with Crippen LogP contribution in [-0.2, 0) is 11.2 Å². The van der Waals surface area contributed by atoms with E-state index in [0.29, 0.717) is 12.6 Å². The Morgan fingerprint density at radius 2 is 2.00 bits per heavy atom. The lowest BCUT2D eigenvalue weighted by molar-refractivity contribution is -0.0676. The van der Waals surface area contributed by atoms with Gasteiger partial charge in [0.1, 0.15) is 0 Å². The van der Waals surface area contributed by atoms with Gasteiger partial charge >= 0.3 is 0 Å². The Morgan fingerprint density at radius 1 is 1.26 bits per heavy atom. The largest absolute Gasteiger partial charge is 0.374 e. The van der Waals surface area contributed by atoms with Crippen molar-refractivity contribution in [2.24, 2.45) is 5.73 Å². The molecule has 106 valence electrons. The van der Waals surface area contributed by atoms with Crippen molar-refractivity contribution in [2.45, 2.75) is 38.8 Å². The molecule has 2 unspecified atom stereocenters. The molecule has 2 rings (SSSR count). The van der Waals surface area contributed by atoms with Crippen molar-refractivity contribution in [3.8, 4) is 0 Å². The summed E-state index contributed by atoms with van der Waals surface area (Å²) < 4.78 is 5.86. The lowest BCUT2D eigenvalue weighted by Crippen LogP contribution is -2.48. The molecular formula is C16H26N2O. The summed E-state index contributed by atoms with van der Waals surface area (Å²) in [5.41, 5.74) is 8.61. The molecule has 1 aromatic carbocycles. The van der Waals surface area contributed by atoms with Gasteiger partial charge in [0.2, 0.25) is 0 Å². The molecule has 0 saturated carbocycles. The van der Waals surface area contributed by atoms with Crippen molar-refractivity contribution < 1.29 is 4.74 Å². The van der Waals surface area contributed by atoms with Crippen LogP contribution in [0, 0.1) is 0 Å². The number of hydrogen-bond acceptors (Lipinski definition) is 3. The minimum atomic E-state index is 0.118. The van der Waals surface area contributed by atoms with Crippen LogP contribution in [-0.4, -0.2) is 37.2 Å². The molecule has 3 nitrogen and oxygen atoms in total. The Kier molecular flexibility index (Phi) is 5.37. The first-order valence-electron chi connectivity index (χ1n) is 7.44. The highest BCUT2D eigenvalue weighted by Gasteiger charge is 2.32. The van der Waals surface area contributed by atoms with Crippen LogP contribution < -0.4 is 5.73 Å². The van der Waals surface area contributed by atoms with Crippen LogP contribution in [0.4, 0.5) is 0 Å². The standard InChI is InChI=1S/C16H26N2O/c1-3-9-18-10-11-19-15(12-17)16(18)14-7-5-13(4-2)6-8-14/h5-8,15-16H,3-4,9-12,17H2,1-2H3. The fourth-order valence-electron chi connectivity index (χ4n) is 2.90. The molecule has 1 saturated heterocycles. The van der Waals surface area contributed by atoms with Gasteiger partial charge in [-0.3, -0.25) is 4.90 Å². The van der Waals surface area contributed by atoms with Gasteiger partial charge in [-0.05, 0) is 30.5 Å². The van der Waals surface area contributed by atoms with Crippen molar-refractivity contribution in [1.29, 1.82) is 0 Å². The summed E-state index contributed by atoms with van der Waals surface area (Å²) in [7, 11) is 0. The maximum Gasteiger partial charge on any atom is 0.0894 e. The molecule has 0 radical (unpaired) electrons. The van der Waals surface area contributed by atoms with Gasteiger partial charge in [-0.25, -0.2) is 0 Å². The van der Waals surface area contributed by atoms with Gasteiger partial charge in [-0.1, -0.05) is 38.1 Å². The van der Waals surface area contributed by atoms with Crippen molar-refractivity contribution in [3.63, 3.8) is 0 Å². The minimum absolute atomic E-state index is 0.118. The van der Waals surface area contributed by atoms with Gasteiger partial charge in [-0.2, -0.15) is 0 Å². The zero-order valence-electron chi connectivity index (χ0n) is 12.1. The highest BCUT2D eigenvalue weighted by Crippen LogP contribution is 2.29. The number of ether oxygens (including phenoxy) is 1. The summed E-state index contributed by atoms with van der Waals surface area (Å²) in [6.45, 7) is 7.91. The van der Waals surface area contributed by atoms with Crippen LogP contribution in [0.3, 0.4) is 0 Å². The number of hydrogen-bond donors (Lipinski definition) is 1. The van der Waals surface area contributed by atoms with Crippen LogP contribution in [0.25, 0.3) is 0 Å². The molecule has 1 aromatic rings. The predicted octanol–water partition coefficient (Wildman–Crippen LogP) is 2.36. The van der Waals surface area contributed by atoms with Gasteiger partial charge in [0, 0.05) is 13.1 Å². The number of benzene rings is 1. The van der Waals surface area contributed by atoms with Gasteiger partial charge in [-0.15, -0.1) is 0 Å². The fourth-order valence-corrected chi connectivity index (χ4v) is 2.90. The molecule has 1 heterocycles. The first-order chi connectivity index (χ1) is 9.30. The monoisotopic (exact) mass is 262 g/mol. The Balaban J connectivity index is 2.22. The minimum Gasteiger partial charge on any atom is -0.374 e. The second kappa shape index (κ2) is 7.04. The van der Waals surface area contributed by atoms with Crippen molar-refractivity contribution in [1.82, 2.24) is 4.90 Å². The van der Waals surface area contributed by atoms with E-state index in [4.69, 9.17) is 10.5 Å². The molecule has 1 fully saturated rings. The van der Waals surface area contributed by atoms with E-state index in [1.165, 1.54) is 17.5 Å². The molecular weight excluding hydrogens is 236 g/mol. The van der Waals surface area contributed by atoms with Crippen LogP contribution in [0.2, 0.25) is 0 Å². The maximum atomic E-state index is 5.89. The molecule has 2 N–H and O–H groups in total. The summed E-state index contributed by atoms with van der Waals surface area (Å²) in [6.07, 6.45) is 2.37. The molecule has 19 heavy (non-hydrogen) atoms. The molecule has 0 aliphatic carbocycles. The first-order valence-corrected chi connectivity index (χ1v) is 7.44. The number of aryl methyl sites for hydroxylation is 1. The number of nitrogens with zero attached hydrogens (tertiary/aromatic N) is 1. The van der Waals surface area contributed by atoms with E-state index >= 15 is 0 Å². The van der Waals surface area contributed by atoms with E-state index in [9.17, 15) is 0 Å². The normalized spacial score (nSPS) is 24.6. The SMILES string of the molecule is CCCN1CCOC(CN)C1c1ccc(CC)cc1. The number of rotatable bonds is 5. The first kappa shape index (κ1) is 14.5. The molecule has 3 heteroatoms. The Morgan fingerprint density at radius 3 is 2.58 bits per heavy atom.